The Morgan fingerprint density at radius 3 is 2.58 bits per heavy atom. The minimum Gasteiger partial charge on any atom is -0.465 e. The van der Waals surface area contributed by atoms with Crippen LogP contribution in [0.5, 0.6) is 0 Å². The van der Waals surface area contributed by atoms with Gasteiger partial charge in [0.25, 0.3) is 0 Å². The number of alkyl halides is 3. The molecule has 0 saturated carbocycles. The molecule has 0 saturated heterocycles. The van der Waals surface area contributed by atoms with Gasteiger partial charge in [-0.2, -0.15) is 13.2 Å². The number of benzene rings is 1. The van der Waals surface area contributed by atoms with Crippen LogP contribution in [0.25, 0.3) is 0 Å². The number of halogens is 3. The van der Waals surface area contributed by atoms with Crippen LogP contribution < -0.4 is 5.32 Å². The van der Waals surface area contributed by atoms with Crippen LogP contribution in [0, 0.1) is 6.92 Å². The lowest BCUT2D eigenvalue weighted by molar-refractivity contribution is -0.137. The van der Waals surface area contributed by atoms with Crippen molar-refractivity contribution in [1.82, 2.24) is 0 Å². The second-order valence-corrected chi connectivity index (χ2v) is 6.09. The number of carbonyl (C=O) groups is 2. The summed E-state index contributed by atoms with van der Waals surface area (Å²) in [5, 5.41) is 3.01. The zero-order chi connectivity index (χ0) is 17.9. The van der Waals surface area contributed by atoms with Crippen molar-refractivity contribution in [2.24, 2.45) is 0 Å². The van der Waals surface area contributed by atoms with E-state index < -0.39 is 23.6 Å². The van der Waals surface area contributed by atoms with Crippen molar-refractivity contribution in [3.8, 4) is 0 Å². The molecule has 0 radical (unpaired) electrons. The van der Waals surface area contributed by atoms with Crippen LogP contribution in [0.4, 0.5) is 18.2 Å². The number of hydrogen-bond donors (Lipinski definition) is 1. The Hall–Kier alpha value is -2.35. The molecule has 1 aromatic carbocycles. The zero-order valence-corrected chi connectivity index (χ0v) is 13.7. The first-order valence-corrected chi connectivity index (χ1v) is 7.67. The highest BCUT2D eigenvalue weighted by Crippen LogP contribution is 2.30. The quantitative estimate of drug-likeness (QED) is 0.840. The van der Waals surface area contributed by atoms with Gasteiger partial charge < -0.3 is 10.1 Å². The van der Waals surface area contributed by atoms with Gasteiger partial charge in [0.1, 0.15) is 4.88 Å². The molecule has 0 aliphatic carbocycles. The van der Waals surface area contributed by atoms with Crippen LogP contribution in [0.15, 0.2) is 30.3 Å². The van der Waals surface area contributed by atoms with Gasteiger partial charge >= 0.3 is 12.1 Å². The third-order valence-electron chi connectivity index (χ3n) is 3.17. The largest absolute Gasteiger partial charge is 0.465 e. The third kappa shape index (κ3) is 4.35. The molecule has 0 spiro atoms. The average molecular weight is 357 g/mol. The zero-order valence-electron chi connectivity index (χ0n) is 12.9. The fraction of sp³-hybridized carbons (Fsp3) is 0.250. The Morgan fingerprint density at radius 1 is 1.25 bits per heavy atom. The molecule has 1 N–H and O–H groups in total. The number of carbonyl (C=O) groups excluding carboxylic acids is 2. The summed E-state index contributed by atoms with van der Waals surface area (Å²) in [5.41, 5.74) is 0.109. The van der Waals surface area contributed by atoms with Crippen molar-refractivity contribution in [2.75, 3.05) is 12.4 Å². The highest BCUT2D eigenvalue weighted by molar-refractivity contribution is 7.18. The molecule has 0 bridgehead atoms. The van der Waals surface area contributed by atoms with E-state index in [1.54, 1.807) is 13.0 Å². The number of ether oxygens (including phenoxy) is 1. The minimum absolute atomic E-state index is 0.200. The van der Waals surface area contributed by atoms with Crippen molar-refractivity contribution < 1.29 is 27.5 Å². The predicted octanol–water partition coefficient (Wildman–Crippen LogP) is 4.04. The molecule has 1 aromatic heterocycles. The summed E-state index contributed by atoms with van der Waals surface area (Å²) in [6.45, 7) is 1.70. The number of hydrogen-bond acceptors (Lipinski definition) is 4. The summed E-state index contributed by atoms with van der Waals surface area (Å²) in [5.74, 6) is -0.970. The second-order valence-electron chi connectivity index (χ2n) is 5.04. The Balaban J connectivity index is 2.08. The Labute approximate surface area is 140 Å². The van der Waals surface area contributed by atoms with E-state index in [-0.39, 0.29) is 12.0 Å². The van der Waals surface area contributed by atoms with Gasteiger partial charge in [-0.15, -0.1) is 11.3 Å². The topological polar surface area (TPSA) is 55.4 Å². The van der Waals surface area contributed by atoms with Crippen LogP contribution >= 0.6 is 11.3 Å². The van der Waals surface area contributed by atoms with E-state index >= 15 is 0 Å². The summed E-state index contributed by atoms with van der Waals surface area (Å²) in [4.78, 5) is 23.9. The Bertz CT molecular complexity index is 768. The van der Waals surface area contributed by atoms with E-state index in [1.807, 2.05) is 0 Å². The van der Waals surface area contributed by atoms with E-state index in [1.165, 1.54) is 19.2 Å². The van der Waals surface area contributed by atoms with E-state index in [0.29, 0.717) is 15.4 Å². The van der Waals surface area contributed by atoms with Crippen molar-refractivity contribution >= 4 is 28.2 Å². The fourth-order valence-electron chi connectivity index (χ4n) is 2.06. The van der Waals surface area contributed by atoms with Gasteiger partial charge in [-0.05, 0) is 30.2 Å². The number of methoxy groups -OCH3 is 1. The number of esters is 1. The van der Waals surface area contributed by atoms with Gasteiger partial charge in [-0.1, -0.05) is 18.2 Å². The minimum atomic E-state index is -4.45. The van der Waals surface area contributed by atoms with Crippen LogP contribution in [-0.4, -0.2) is 19.0 Å². The highest BCUT2D eigenvalue weighted by atomic mass is 32.1. The molecule has 128 valence electrons. The third-order valence-corrected chi connectivity index (χ3v) is 4.30. The SMILES string of the molecule is COC(=O)c1sc(NC(=O)Cc2cccc(C(F)(F)F)c2)cc1C. The van der Waals surface area contributed by atoms with Crippen LogP contribution in [0.2, 0.25) is 0 Å². The van der Waals surface area contributed by atoms with E-state index in [9.17, 15) is 22.8 Å². The lowest BCUT2D eigenvalue weighted by Crippen LogP contribution is -2.14. The first-order valence-electron chi connectivity index (χ1n) is 6.85. The van der Waals surface area contributed by atoms with Crippen molar-refractivity contribution in [3.05, 3.63) is 51.9 Å². The van der Waals surface area contributed by atoms with Gasteiger partial charge in [-0.3, -0.25) is 4.79 Å². The van der Waals surface area contributed by atoms with Gasteiger partial charge in [0.15, 0.2) is 0 Å². The van der Waals surface area contributed by atoms with Gasteiger partial charge in [0.2, 0.25) is 5.91 Å². The van der Waals surface area contributed by atoms with E-state index in [0.717, 1.165) is 23.5 Å². The maximum absolute atomic E-state index is 12.7. The lowest BCUT2D eigenvalue weighted by atomic mass is 10.1. The summed E-state index contributed by atoms with van der Waals surface area (Å²) in [7, 11) is 1.26. The van der Waals surface area contributed by atoms with Gasteiger partial charge in [-0.25, -0.2) is 4.79 Å². The number of thiophene rings is 1. The van der Waals surface area contributed by atoms with Gasteiger partial charge in [0, 0.05) is 0 Å². The van der Waals surface area contributed by atoms with E-state index in [2.05, 4.69) is 10.1 Å². The van der Waals surface area contributed by atoms with Crippen molar-refractivity contribution in [2.45, 2.75) is 19.5 Å². The molecule has 1 heterocycles. The number of aryl methyl sites for hydroxylation is 1. The lowest BCUT2D eigenvalue weighted by Gasteiger charge is -2.08. The molecule has 0 atom stereocenters. The molecule has 0 aliphatic rings. The molecule has 0 fully saturated rings. The van der Waals surface area contributed by atoms with Crippen molar-refractivity contribution in [1.29, 1.82) is 0 Å². The summed E-state index contributed by atoms with van der Waals surface area (Å²) < 4.78 is 42.6. The average Bonchev–Trinajstić information content (AvgIpc) is 2.86. The molecule has 1 amide bonds. The maximum Gasteiger partial charge on any atom is 0.416 e. The van der Waals surface area contributed by atoms with Crippen LogP contribution in [0.1, 0.15) is 26.4 Å². The molecular weight excluding hydrogens is 343 g/mol. The second kappa shape index (κ2) is 7.04. The standard InChI is InChI=1S/C16H14F3NO3S/c1-9-6-13(24-14(9)15(22)23-2)20-12(21)8-10-4-3-5-11(7-10)16(17,18)19/h3-7H,8H2,1-2H3,(H,20,21). The number of anilines is 1. The maximum atomic E-state index is 12.7. The molecule has 4 nitrogen and oxygen atoms in total. The molecule has 24 heavy (non-hydrogen) atoms. The summed E-state index contributed by atoms with van der Waals surface area (Å²) in [6.07, 6.45) is -4.65. The normalized spacial score (nSPS) is 11.2. The van der Waals surface area contributed by atoms with E-state index in [4.69, 9.17) is 0 Å². The summed E-state index contributed by atoms with van der Waals surface area (Å²) in [6, 6.07) is 6.22. The highest BCUT2D eigenvalue weighted by Gasteiger charge is 2.30. The molecule has 0 aliphatic heterocycles. The Kier molecular flexibility index (Phi) is 5.28. The molecule has 8 heteroatoms. The van der Waals surface area contributed by atoms with Crippen molar-refractivity contribution in [3.63, 3.8) is 0 Å². The van der Waals surface area contributed by atoms with Crippen LogP contribution in [-0.2, 0) is 22.1 Å². The number of nitrogens with one attached hydrogen (secondary N) is 1. The van der Waals surface area contributed by atoms with Crippen LogP contribution in [0.3, 0.4) is 0 Å². The predicted molar refractivity (Wildman–Crippen MR) is 84.2 cm³/mol. The molecule has 2 aromatic rings. The molecular formula is C16H14F3NO3S. The molecule has 0 unspecified atom stereocenters. The Morgan fingerprint density at radius 2 is 1.96 bits per heavy atom. The smallest absolute Gasteiger partial charge is 0.416 e. The first kappa shape index (κ1) is 18.0. The van der Waals surface area contributed by atoms with Gasteiger partial charge in [0.05, 0.1) is 24.1 Å². The number of rotatable bonds is 4. The fourth-order valence-corrected chi connectivity index (χ4v) is 3.07. The summed E-state index contributed by atoms with van der Waals surface area (Å²) >= 11 is 1.05. The molecule has 2 rings (SSSR count). The first-order chi connectivity index (χ1) is 11.2. The monoisotopic (exact) mass is 357 g/mol. The number of amides is 1.